The highest BCUT2D eigenvalue weighted by molar-refractivity contribution is 7.80. The summed E-state index contributed by atoms with van der Waals surface area (Å²) in [4.78, 5) is 27.2. The lowest BCUT2D eigenvalue weighted by Crippen LogP contribution is -2.54. The number of amides is 2. The van der Waals surface area contributed by atoms with Crippen molar-refractivity contribution in [1.82, 2.24) is 9.88 Å². The Balaban J connectivity index is 1.76. The maximum absolute atomic E-state index is 13.3. The van der Waals surface area contributed by atoms with Gasteiger partial charge in [0.1, 0.15) is 5.57 Å². The van der Waals surface area contributed by atoms with Crippen LogP contribution in [0, 0.1) is 27.7 Å². The van der Waals surface area contributed by atoms with E-state index in [1.807, 2.05) is 19.9 Å². The van der Waals surface area contributed by atoms with E-state index in [4.69, 9.17) is 23.8 Å². The van der Waals surface area contributed by atoms with Crippen molar-refractivity contribution in [3.05, 3.63) is 87.2 Å². The van der Waals surface area contributed by atoms with Crippen molar-refractivity contribution in [3.63, 3.8) is 0 Å². The molecule has 0 saturated carbocycles. The van der Waals surface area contributed by atoms with Gasteiger partial charge in [-0.15, -0.1) is 0 Å². The zero-order valence-corrected chi connectivity index (χ0v) is 19.8. The summed E-state index contributed by atoms with van der Waals surface area (Å²) in [5.41, 5.74) is 6.76. The van der Waals surface area contributed by atoms with Gasteiger partial charge in [-0.25, -0.2) is 0 Å². The third-order valence-electron chi connectivity index (χ3n) is 5.71. The van der Waals surface area contributed by atoms with Gasteiger partial charge in [-0.3, -0.25) is 19.8 Å². The number of carbonyl (C=O) groups excluding carboxylic acids is 2. The van der Waals surface area contributed by atoms with Gasteiger partial charge in [0, 0.05) is 22.1 Å². The second-order valence-electron chi connectivity index (χ2n) is 7.86. The van der Waals surface area contributed by atoms with Gasteiger partial charge < -0.3 is 4.57 Å². The maximum Gasteiger partial charge on any atom is 0.270 e. The summed E-state index contributed by atoms with van der Waals surface area (Å²) in [5, 5.41) is 3.20. The van der Waals surface area contributed by atoms with Crippen LogP contribution in [0.1, 0.15) is 28.1 Å². The molecule has 0 spiro atoms. The number of hydrogen-bond acceptors (Lipinski definition) is 3. The first-order valence-corrected chi connectivity index (χ1v) is 10.9. The number of aryl methyl sites for hydroxylation is 3. The monoisotopic (exact) mass is 463 g/mol. The summed E-state index contributed by atoms with van der Waals surface area (Å²) >= 11 is 11.2. The molecule has 0 aliphatic carbocycles. The number of hydrogen-bond donors (Lipinski definition) is 1. The molecule has 1 saturated heterocycles. The number of rotatable bonds is 3. The molecule has 0 unspecified atom stereocenters. The fourth-order valence-corrected chi connectivity index (χ4v) is 4.24. The molecule has 7 heteroatoms. The van der Waals surface area contributed by atoms with Crippen LogP contribution in [0.3, 0.4) is 0 Å². The highest BCUT2D eigenvalue weighted by Gasteiger charge is 2.34. The van der Waals surface area contributed by atoms with Crippen molar-refractivity contribution >= 4 is 52.5 Å². The van der Waals surface area contributed by atoms with E-state index in [0.717, 1.165) is 22.6 Å². The molecular weight excluding hydrogens is 442 g/mol. The van der Waals surface area contributed by atoms with E-state index in [-0.39, 0.29) is 10.7 Å². The first-order chi connectivity index (χ1) is 15.2. The van der Waals surface area contributed by atoms with Crippen LogP contribution in [0.15, 0.2) is 54.1 Å². The minimum atomic E-state index is -0.513. The molecule has 0 atom stereocenters. The molecule has 32 heavy (non-hydrogen) atoms. The van der Waals surface area contributed by atoms with Crippen molar-refractivity contribution in [1.29, 1.82) is 0 Å². The normalized spacial score (nSPS) is 15.5. The number of anilines is 1. The van der Waals surface area contributed by atoms with Crippen molar-refractivity contribution < 1.29 is 9.59 Å². The molecule has 1 N–H and O–H groups in total. The fraction of sp³-hybridized carbons (Fsp3) is 0.160. The Bertz CT molecular complexity index is 1310. The average molecular weight is 464 g/mol. The minimum absolute atomic E-state index is 0.0221. The zero-order valence-electron chi connectivity index (χ0n) is 18.2. The Morgan fingerprint density at radius 3 is 2.22 bits per heavy atom. The smallest absolute Gasteiger partial charge is 0.270 e. The van der Waals surface area contributed by atoms with Crippen LogP contribution in [-0.4, -0.2) is 21.5 Å². The van der Waals surface area contributed by atoms with Gasteiger partial charge in [0.2, 0.25) is 0 Å². The SMILES string of the molecule is Cc1ccc(-n2c(C)cc(/C=C3\C(=O)NC(=S)N(c4ccc(Cl)cc4)C3=O)c2C)cc1C. The van der Waals surface area contributed by atoms with Crippen molar-refractivity contribution in [2.24, 2.45) is 0 Å². The number of thiocarbonyl (C=S) groups is 1. The molecular formula is C25H22ClN3O2S. The first-order valence-electron chi connectivity index (χ1n) is 10.1. The van der Waals surface area contributed by atoms with Crippen LogP contribution in [0.2, 0.25) is 5.02 Å². The molecule has 5 nitrogen and oxygen atoms in total. The summed E-state index contributed by atoms with van der Waals surface area (Å²) < 4.78 is 2.12. The average Bonchev–Trinajstić information content (AvgIpc) is 3.01. The largest absolute Gasteiger partial charge is 0.318 e. The van der Waals surface area contributed by atoms with Gasteiger partial charge in [0.05, 0.1) is 5.69 Å². The number of benzene rings is 2. The van der Waals surface area contributed by atoms with Crippen LogP contribution >= 0.6 is 23.8 Å². The summed E-state index contributed by atoms with van der Waals surface area (Å²) in [7, 11) is 0. The maximum atomic E-state index is 13.3. The predicted octanol–water partition coefficient (Wildman–Crippen LogP) is 5.20. The lowest BCUT2D eigenvalue weighted by molar-refractivity contribution is -0.122. The molecule has 2 heterocycles. The number of aromatic nitrogens is 1. The van der Waals surface area contributed by atoms with Crippen LogP contribution in [0.25, 0.3) is 11.8 Å². The van der Waals surface area contributed by atoms with Crippen molar-refractivity contribution in [2.45, 2.75) is 27.7 Å². The number of nitrogens with one attached hydrogen (secondary N) is 1. The van der Waals surface area contributed by atoms with E-state index in [9.17, 15) is 9.59 Å². The predicted molar refractivity (Wildman–Crippen MR) is 132 cm³/mol. The molecule has 0 bridgehead atoms. The van der Waals surface area contributed by atoms with E-state index >= 15 is 0 Å². The second kappa shape index (κ2) is 8.37. The molecule has 4 rings (SSSR count). The fourth-order valence-electron chi connectivity index (χ4n) is 3.83. The highest BCUT2D eigenvalue weighted by Crippen LogP contribution is 2.27. The second-order valence-corrected chi connectivity index (χ2v) is 8.69. The summed E-state index contributed by atoms with van der Waals surface area (Å²) in [5.74, 6) is -0.988. The van der Waals surface area contributed by atoms with E-state index in [2.05, 4.69) is 41.9 Å². The molecule has 1 fully saturated rings. The van der Waals surface area contributed by atoms with Gasteiger partial charge in [-0.2, -0.15) is 0 Å². The van der Waals surface area contributed by atoms with Gasteiger partial charge in [0.15, 0.2) is 5.11 Å². The molecule has 2 amide bonds. The van der Waals surface area contributed by atoms with E-state index in [1.165, 1.54) is 16.0 Å². The van der Waals surface area contributed by atoms with Crippen LogP contribution < -0.4 is 10.2 Å². The topological polar surface area (TPSA) is 54.3 Å². The Labute approximate surface area is 197 Å². The van der Waals surface area contributed by atoms with Gasteiger partial charge >= 0.3 is 0 Å². The van der Waals surface area contributed by atoms with Gasteiger partial charge in [-0.05, 0) is 105 Å². The summed E-state index contributed by atoms with van der Waals surface area (Å²) in [6, 6.07) is 15.0. The third kappa shape index (κ3) is 3.87. The Kier molecular flexibility index (Phi) is 5.75. The summed E-state index contributed by atoms with van der Waals surface area (Å²) in [6.45, 7) is 8.13. The number of halogens is 1. The highest BCUT2D eigenvalue weighted by atomic mass is 35.5. The Morgan fingerprint density at radius 2 is 1.56 bits per heavy atom. The Hall–Kier alpha value is -3.22. The third-order valence-corrected chi connectivity index (χ3v) is 6.24. The quantitative estimate of drug-likeness (QED) is 0.330. The molecule has 1 aliphatic rings. The molecule has 0 radical (unpaired) electrons. The zero-order chi connectivity index (χ0) is 23.2. The molecule has 3 aromatic rings. The van der Waals surface area contributed by atoms with Crippen LogP contribution in [0.4, 0.5) is 5.69 Å². The van der Waals surface area contributed by atoms with Gasteiger partial charge in [0.25, 0.3) is 11.8 Å². The minimum Gasteiger partial charge on any atom is -0.318 e. The van der Waals surface area contributed by atoms with E-state index < -0.39 is 11.8 Å². The van der Waals surface area contributed by atoms with E-state index in [0.29, 0.717) is 10.7 Å². The van der Waals surface area contributed by atoms with Gasteiger partial charge in [-0.1, -0.05) is 17.7 Å². The molecule has 1 aromatic heterocycles. The Morgan fingerprint density at radius 1 is 0.906 bits per heavy atom. The lowest BCUT2D eigenvalue weighted by Gasteiger charge is -2.28. The lowest BCUT2D eigenvalue weighted by atomic mass is 10.1. The van der Waals surface area contributed by atoms with Crippen LogP contribution in [0.5, 0.6) is 0 Å². The standard InChI is InChI=1S/C25H22ClN3O2S/c1-14-5-8-21(11-15(14)2)28-16(3)12-18(17(28)4)13-22-23(30)27-25(32)29(24(22)31)20-9-6-19(26)7-10-20/h5-13H,1-4H3,(H,27,30,32)/b22-13+. The van der Waals surface area contributed by atoms with Crippen LogP contribution in [-0.2, 0) is 9.59 Å². The van der Waals surface area contributed by atoms with Crippen molar-refractivity contribution in [3.8, 4) is 5.69 Å². The number of nitrogens with zero attached hydrogens (tertiary/aromatic N) is 2. The molecule has 162 valence electrons. The van der Waals surface area contributed by atoms with E-state index in [1.54, 1.807) is 30.3 Å². The first kappa shape index (κ1) is 22.0. The molecule has 1 aliphatic heterocycles. The molecule has 2 aromatic carbocycles. The van der Waals surface area contributed by atoms with Crippen molar-refractivity contribution in [2.75, 3.05) is 4.90 Å². The number of carbonyl (C=O) groups is 2. The summed E-state index contributed by atoms with van der Waals surface area (Å²) in [6.07, 6.45) is 1.63.